The van der Waals surface area contributed by atoms with Gasteiger partial charge in [-0.15, -0.1) is 0 Å². The Labute approximate surface area is 161 Å². The molecule has 1 aromatic carbocycles. The van der Waals surface area contributed by atoms with E-state index >= 15 is 0 Å². The number of aryl methyl sites for hydroxylation is 1. The second-order valence-electron chi connectivity index (χ2n) is 8.01. The van der Waals surface area contributed by atoms with Gasteiger partial charge in [-0.25, -0.2) is 0 Å². The first-order chi connectivity index (χ1) is 13.0. The van der Waals surface area contributed by atoms with Gasteiger partial charge in [0, 0.05) is 43.2 Å². The lowest BCUT2D eigenvalue weighted by molar-refractivity contribution is -0.135. The van der Waals surface area contributed by atoms with Crippen molar-refractivity contribution in [3.05, 3.63) is 36.0 Å². The molecule has 0 bridgehead atoms. The molecule has 1 saturated heterocycles. The number of fused-ring (bicyclic) bond motifs is 1. The molecule has 0 unspecified atom stereocenters. The normalized spacial score (nSPS) is 17.4. The van der Waals surface area contributed by atoms with E-state index in [0.717, 1.165) is 44.3 Å². The van der Waals surface area contributed by atoms with E-state index in [1.807, 2.05) is 29.3 Å². The van der Waals surface area contributed by atoms with Crippen molar-refractivity contribution < 1.29 is 9.59 Å². The number of rotatable bonds is 7. The van der Waals surface area contributed by atoms with E-state index in [1.54, 1.807) is 0 Å². The van der Waals surface area contributed by atoms with Gasteiger partial charge >= 0.3 is 0 Å². The summed E-state index contributed by atoms with van der Waals surface area (Å²) in [5.74, 6) is 0.770. The molecule has 0 saturated carbocycles. The lowest BCUT2D eigenvalue weighted by Gasteiger charge is -2.32. The van der Waals surface area contributed by atoms with Crippen molar-refractivity contribution in [3.8, 4) is 0 Å². The van der Waals surface area contributed by atoms with E-state index in [1.165, 1.54) is 10.9 Å². The van der Waals surface area contributed by atoms with E-state index in [2.05, 4.69) is 30.2 Å². The van der Waals surface area contributed by atoms with Crippen LogP contribution in [0.15, 0.2) is 30.5 Å². The molecule has 1 aliphatic rings. The van der Waals surface area contributed by atoms with Gasteiger partial charge < -0.3 is 15.2 Å². The molecule has 1 aliphatic heterocycles. The smallest absolute Gasteiger partial charge is 0.224 e. The van der Waals surface area contributed by atoms with Gasteiger partial charge in [-0.1, -0.05) is 32.0 Å². The van der Waals surface area contributed by atoms with Crippen LogP contribution in [0.2, 0.25) is 0 Å². The number of aromatic amines is 1. The Morgan fingerprint density at radius 3 is 2.93 bits per heavy atom. The number of benzene rings is 1. The van der Waals surface area contributed by atoms with Gasteiger partial charge in [0.05, 0.1) is 5.92 Å². The molecule has 3 rings (SSSR count). The Morgan fingerprint density at radius 2 is 2.11 bits per heavy atom. The summed E-state index contributed by atoms with van der Waals surface area (Å²) in [5.41, 5.74) is 2.29. The molecule has 146 valence electrons. The van der Waals surface area contributed by atoms with Gasteiger partial charge in [0.1, 0.15) is 0 Å². The highest BCUT2D eigenvalue weighted by Gasteiger charge is 2.28. The third-order valence-corrected chi connectivity index (χ3v) is 5.45. The summed E-state index contributed by atoms with van der Waals surface area (Å²) in [7, 11) is 0. The van der Waals surface area contributed by atoms with E-state index < -0.39 is 0 Å². The van der Waals surface area contributed by atoms with Crippen molar-refractivity contribution in [1.29, 1.82) is 0 Å². The minimum Gasteiger partial charge on any atom is -0.361 e. The van der Waals surface area contributed by atoms with Gasteiger partial charge in [0.15, 0.2) is 0 Å². The molecule has 0 radical (unpaired) electrons. The quantitative estimate of drug-likeness (QED) is 0.784. The summed E-state index contributed by atoms with van der Waals surface area (Å²) in [6, 6.07) is 8.17. The topological polar surface area (TPSA) is 65.2 Å². The van der Waals surface area contributed by atoms with Gasteiger partial charge in [0.25, 0.3) is 0 Å². The Morgan fingerprint density at radius 1 is 1.30 bits per heavy atom. The number of aromatic nitrogens is 1. The lowest BCUT2D eigenvalue weighted by Crippen LogP contribution is -2.45. The number of carbonyl (C=O) groups is 2. The maximum Gasteiger partial charge on any atom is 0.224 e. The van der Waals surface area contributed by atoms with Crippen molar-refractivity contribution in [3.63, 3.8) is 0 Å². The number of H-pyrrole nitrogens is 1. The Balaban J connectivity index is 1.50. The zero-order valence-electron chi connectivity index (χ0n) is 16.5. The molecule has 0 spiro atoms. The number of piperidine rings is 1. The average molecular weight is 370 g/mol. The number of hydrogen-bond donors (Lipinski definition) is 2. The fourth-order valence-corrected chi connectivity index (χ4v) is 3.78. The van der Waals surface area contributed by atoms with Gasteiger partial charge in [0.2, 0.25) is 11.8 Å². The molecule has 1 aromatic heterocycles. The fourth-order valence-electron chi connectivity index (χ4n) is 3.78. The van der Waals surface area contributed by atoms with Crippen molar-refractivity contribution in [2.24, 2.45) is 11.8 Å². The molecular formula is C22H31N3O2. The monoisotopic (exact) mass is 369 g/mol. The average Bonchev–Trinajstić information content (AvgIpc) is 3.09. The van der Waals surface area contributed by atoms with Crippen LogP contribution in [0.25, 0.3) is 10.9 Å². The van der Waals surface area contributed by atoms with E-state index in [-0.39, 0.29) is 17.7 Å². The highest BCUT2D eigenvalue weighted by atomic mass is 16.2. The molecule has 2 amide bonds. The van der Waals surface area contributed by atoms with E-state index in [4.69, 9.17) is 0 Å². The zero-order valence-corrected chi connectivity index (χ0v) is 16.5. The maximum atomic E-state index is 12.7. The molecular weight excluding hydrogens is 338 g/mol. The Bertz CT molecular complexity index is 781. The van der Waals surface area contributed by atoms with Crippen LogP contribution < -0.4 is 5.32 Å². The van der Waals surface area contributed by atoms with Crippen molar-refractivity contribution >= 4 is 22.7 Å². The highest BCUT2D eigenvalue weighted by Crippen LogP contribution is 2.21. The molecule has 1 fully saturated rings. The zero-order chi connectivity index (χ0) is 19.2. The van der Waals surface area contributed by atoms with E-state index in [0.29, 0.717) is 18.9 Å². The summed E-state index contributed by atoms with van der Waals surface area (Å²) in [4.78, 5) is 30.2. The summed E-state index contributed by atoms with van der Waals surface area (Å²) >= 11 is 0. The predicted molar refractivity (Wildman–Crippen MR) is 108 cm³/mol. The second-order valence-corrected chi connectivity index (χ2v) is 8.01. The predicted octanol–water partition coefficient (Wildman–Crippen LogP) is 3.50. The number of hydrogen-bond acceptors (Lipinski definition) is 2. The van der Waals surface area contributed by atoms with Gasteiger partial charge in [-0.05, 0) is 43.2 Å². The first-order valence-corrected chi connectivity index (χ1v) is 10.1. The minimum absolute atomic E-state index is 0.0667. The van der Waals surface area contributed by atoms with E-state index in [9.17, 15) is 9.59 Å². The molecule has 2 heterocycles. The summed E-state index contributed by atoms with van der Waals surface area (Å²) < 4.78 is 0. The van der Waals surface area contributed by atoms with Crippen LogP contribution in [-0.2, 0) is 16.0 Å². The Kier molecular flexibility index (Phi) is 6.54. The van der Waals surface area contributed by atoms with Crippen molar-refractivity contribution in [1.82, 2.24) is 15.2 Å². The maximum absolute atomic E-state index is 12.7. The first-order valence-electron chi connectivity index (χ1n) is 10.1. The van der Waals surface area contributed by atoms with Crippen LogP contribution >= 0.6 is 0 Å². The minimum atomic E-state index is -0.0667. The molecule has 5 heteroatoms. The number of likely N-dealkylation sites (tertiary alicyclic amines) is 1. The number of nitrogens with zero attached hydrogens (tertiary/aromatic N) is 1. The Hall–Kier alpha value is -2.30. The van der Waals surface area contributed by atoms with Gasteiger partial charge in [-0.3, -0.25) is 9.59 Å². The molecule has 2 N–H and O–H groups in total. The third kappa shape index (κ3) is 5.12. The largest absolute Gasteiger partial charge is 0.361 e. The molecule has 1 atom stereocenters. The second kappa shape index (κ2) is 9.07. The third-order valence-electron chi connectivity index (χ3n) is 5.45. The summed E-state index contributed by atoms with van der Waals surface area (Å²) in [6.45, 7) is 6.35. The van der Waals surface area contributed by atoms with Crippen molar-refractivity contribution in [2.45, 2.75) is 46.0 Å². The van der Waals surface area contributed by atoms with Crippen LogP contribution in [0.1, 0.15) is 45.1 Å². The number of para-hydroxylation sites is 1. The van der Waals surface area contributed by atoms with Crippen LogP contribution in [0.3, 0.4) is 0 Å². The number of nitrogens with one attached hydrogen (secondary N) is 2. The SMILES string of the molecule is CC(C)CCNC(=O)[C@@H]1CCCN(C(=O)CCc2c[nH]c3ccccc23)C1. The number of amides is 2. The number of carbonyl (C=O) groups excluding carboxylic acids is 2. The highest BCUT2D eigenvalue weighted by molar-refractivity contribution is 5.84. The molecule has 5 nitrogen and oxygen atoms in total. The van der Waals surface area contributed by atoms with Gasteiger partial charge in [-0.2, -0.15) is 0 Å². The van der Waals surface area contributed by atoms with Crippen LogP contribution in [-0.4, -0.2) is 41.3 Å². The summed E-state index contributed by atoms with van der Waals surface area (Å²) in [6.07, 6.45) is 5.99. The lowest BCUT2D eigenvalue weighted by atomic mass is 9.96. The fraction of sp³-hybridized carbons (Fsp3) is 0.545. The standard InChI is InChI=1S/C22H31N3O2/c1-16(2)11-12-23-22(27)18-6-5-13-25(15-18)21(26)10-9-17-14-24-20-8-4-3-7-19(17)20/h3-4,7-8,14,16,18,24H,5-6,9-13,15H2,1-2H3,(H,23,27)/t18-/m1/s1. The van der Waals surface area contributed by atoms with Crippen molar-refractivity contribution in [2.75, 3.05) is 19.6 Å². The molecule has 27 heavy (non-hydrogen) atoms. The summed E-state index contributed by atoms with van der Waals surface area (Å²) in [5, 5.41) is 4.22. The van der Waals surface area contributed by atoms with Crippen LogP contribution in [0, 0.1) is 11.8 Å². The molecule has 0 aliphatic carbocycles. The van der Waals surface area contributed by atoms with Crippen LogP contribution in [0.4, 0.5) is 0 Å². The van der Waals surface area contributed by atoms with Crippen LogP contribution in [0.5, 0.6) is 0 Å². The first kappa shape index (κ1) is 19.5. The molecule has 2 aromatic rings.